The van der Waals surface area contributed by atoms with Crippen LogP contribution in [0.2, 0.25) is 0 Å². The molecule has 7 atom stereocenters. The van der Waals surface area contributed by atoms with Crippen molar-refractivity contribution in [3.8, 4) is 0 Å². The van der Waals surface area contributed by atoms with E-state index in [4.69, 9.17) is 0 Å². The Morgan fingerprint density at radius 3 is 2.69 bits per heavy atom. The number of hydrogen-bond donors (Lipinski definition) is 1. The number of aliphatic hydroxyl groups excluding tert-OH is 1. The summed E-state index contributed by atoms with van der Waals surface area (Å²) in [5.74, 6) is 2.94. The zero-order valence-corrected chi connectivity index (χ0v) is 18.4. The molecule has 0 saturated heterocycles. The normalized spacial score (nSPS) is 45.8. The second-order valence-corrected chi connectivity index (χ2v) is 11.1. The Hall–Kier alpha value is -1.42. The fraction of sp³-hybridized carbons (Fsp3) is 0.760. The van der Waals surface area contributed by atoms with Crippen LogP contribution in [0, 0.1) is 41.4 Å². The maximum Gasteiger partial charge on any atom is 0.165 e. The van der Waals surface area contributed by atoms with Gasteiger partial charge in [0.15, 0.2) is 5.78 Å². The SMILES string of the molecule is Cc1nn(C)cc1/C=C1\C[C@H]2[C@@H]3CC[C@H]4C[C@@H](O)CC[C@]4(C)[C@H]3CC[C@]2(C)C1=O. The average Bonchev–Trinajstić information content (AvgIpc) is 3.12. The predicted octanol–water partition coefficient (Wildman–Crippen LogP) is 4.69. The molecule has 158 valence electrons. The molecule has 5 rings (SSSR count). The first kappa shape index (κ1) is 19.5. The van der Waals surface area contributed by atoms with Gasteiger partial charge in [-0.1, -0.05) is 13.8 Å². The van der Waals surface area contributed by atoms with E-state index in [1.165, 1.54) is 19.3 Å². The van der Waals surface area contributed by atoms with Crippen LogP contribution in [-0.4, -0.2) is 26.8 Å². The summed E-state index contributed by atoms with van der Waals surface area (Å²) < 4.78 is 1.84. The molecule has 0 bridgehead atoms. The smallest absolute Gasteiger partial charge is 0.165 e. The van der Waals surface area contributed by atoms with Crippen LogP contribution in [0.15, 0.2) is 11.8 Å². The van der Waals surface area contributed by atoms with E-state index >= 15 is 0 Å². The number of Topliss-reactive ketones (excluding diaryl/α,β-unsaturated/α-hetero) is 1. The van der Waals surface area contributed by atoms with Gasteiger partial charge in [0.05, 0.1) is 11.8 Å². The number of hydrogen-bond acceptors (Lipinski definition) is 3. The number of fused-ring (bicyclic) bond motifs is 5. The number of aliphatic hydroxyl groups is 1. The van der Waals surface area contributed by atoms with Crippen molar-refractivity contribution in [2.24, 2.45) is 41.5 Å². The predicted molar refractivity (Wildman–Crippen MR) is 114 cm³/mol. The highest BCUT2D eigenvalue weighted by molar-refractivity contribution is 6.06. The van der Waals surface area contributed by atoms with Crippen molar-refractivity contribution in [3.05, 3.63) is 23.0 Å². The van der Waals surface area contributed by atoms with Gasteiger partial charge in [-0.3, -0.25) is 9.48 Å². The zero-order chi connectivity index (χ0) is 20.6. The summed E-state index contributed by atoms with van der Waals surface area (Å²) in [4.78, 5) is 13.5. The van der Waals surface area contributed by atoms with Crippen LogP contribution in [-0.2, 0) is 11.8 Å². The topological polar surface area (TPSA) is 55.1 Å². The number of allylic oxidation sites excluding steroid dienone is 1. The zero-order valence-electron chi connectivity index (χ0n) is 18.4. The molecule has 4 heteroatoms. The van der Waals surface area contributed by atoms with E-state index < -0.39 is 0 Å². The van der Waals surface area contributed by atoms with E-state index in [9.17, 15) is 9.90 Å². The summed E-state index contributed by atoms with van der Waals surface area (Å²) in [6.07, 6.45) is 12.8. The van der Waals surface area contributed by atoms with E-state index in [-0.39, 0.29) is 11.5 Å². The van der Waals surface area contributed by atoms with E-state index in [1.54, 1.807) is 0 Å². The Balaban J connectivity index is 1.46. The summed E-state index contributed by atoms with van der Waals surface area (Å²) >= 11 is 0. The Morgan fingerprint density at radius 1 is 1.17 bits per heavy atom. The van der Waals surface area contributed by atoms with E-state index in [0.29, 0.717) is 29.0 Å². The molecule has 1 aromatic rings. The molecule has 0 unspecified atom stereocenters. The summed E-state index contributed by atoms with van der Waals surface area (Å²) in [7, 11) is 1.94. The number of nitrogens with zero attached hydrogens (tertiary/aromatic N) is 2. The molecule has 4 fully saturated rings. The van der Waals surface area contributed by atoms with Crippen LogP contribution < -0.4 is 0 Å². The third-order valence-electron chi connectivity index (χ3n) is 9.66. The molecule has 0 spiro atoms. The van der Waals surface area contributed by atoms with E-state index in [0.717, 1.165) is 54.9 Å². The molecule has 4 aliphatic rings. The van der Waals surface area contributed by atoms with Crippen LogP contribution in [0.3, 0.4) is 0 Å². The third kappa shape index (κ3) is 2.81. The average molecular weight is 397 g/mol. The van der Waals surface area contributed by atoms with Gasteiger partial charge >= 0.3 is 0 Å². The first-order valence-electron chi connectivity index (χ1n) is 11.7. The Labute approximate surface area is 174 Å². The molecule has 29 heavy (non-hydrogen) atoms. The number of carbonyl (C=O) groups excluding carboxylic acids is 1. The van der Waals surface area contributed by atoms with Crippen LogP contribution in [0.1, 0.15) is 76.5 Å². The number of carbonyl (C=O) groups is 1. The first-order valence-corrected chi connectivity index (χ1v) is 11.7. The lowest BCUT2D eigenvalue weighted by Crippen LogP contribution is -2.54. The molecular formula is C25H36N2O2. The van der Waals surface area contributed by atoms with Crippen molar-refractivity contribution < 1.29 is 9.90 Å². The van der Waals surface area contributed by atoms with Crippen LogP contribution >= 0.6 is 0 Å². The molecular weight excluding hydrogens is 360 g/mol. The highest BCUT2D eigenvalue weighted by Crippen LogP contribution is 2.66. The van der Waals surface area contributed by atoms with Gasteiger partial charge in [-0.15, -0.1) is 0 Å². The molecule has 4 nitrogen and oxygen atoms in total. The number of aromatic nitrogens is 2. The van der Waals surface area contributed by atoms with Crippen LogP contribution in [0.5, 0.6) is 0 Å². The Bertz CT molecular complexity index is 870. The molecule has 4 aliphatic carbocycles. The maximum atomic E-state index is 13.5. The monoisotopic (exact) mass is 396 g/mol. The van der Waals surface area contributed by atoms with Gasteiger partial charge in [0.2, 0.25) is 0 Å². The summed E-state index contributed by atoms with van der Waals surface area (Å²) in [6, 6.07) is 0. The Morgan fingerprint density at radius 2 is 1.97 bits per heavy atom. The summed E-state index contributed by atoms with van der Waals surface area (Å²) in [5, 5.41) is 14.7. The van der Waals surface area contributed by atoms with Crippen LogP contribution in [0.4, 0.5) is 0 Å². The number of rotatable bonds is 1. The lowest BCUT2D eigenvalue weighted by Gasteiger charge is -2.59. The largest absolute Gasteiger partial charge is 0.393 e. The van der Waals surface area contributed by atoms with Gasteiger partial charge in [-0.05, 0) is 99.0 Å². The lowest BCUT2D eigenvalue weighted by molar-refractivity contribution is -0.141. The van der Waals surface area contributed by atoms with Crippen molar-refractivity contribution >= 4 is 11.9 Å². The fourth-order valence-electron chi connectivity index (χ4n) is 7.98. The van der Waals surface area contributed by atoms with Crippen molar-refractivity contribution in [2.45, 2.75) is 78.2 Å². The van der Waals surface area contributed by atoms with Crippen LogP contribution in [0.25, 0.3) is 6.08 Å². The van der Waals surface area contributed by atoms with Gasteiger partial charge in [-0.25, -0.2) is 0 Å². The minimum atomic E-state index is -0.180. The lowest BCUT2D eigenvalue weighted by atomic mass is 9.45. The number of ketones is 1. The molecule has 4 saturated carbocycles. The summed E-state index contributed by atoms with van der Waals surface area (Å²) in [6.45, 7) is 6.79. The second kappa shape index (κ2) is 6.54. The fourth-order valence-corrected chi connectivity index (χ4v) is 7.98. The highest BCUT2D eigenvalue weighted by atomic mass is 16.3. The molecule has 0 aromatic carbocycles. The van der Waals surface area contributed by atoms with Crippen molar-refractivity contribution in [1.29, 1.82) is 0 Å². The van der Waals surface area contributed by atoms with Gasteiger partial charge in [0.1, 0.15) is 0 Å². The number of aryl methyl sites for hydroxylation is 2. The molecule has 0 aliphatic heterocycles. The third-order valence-corrected chi connectivity index (χ3v) is 9.66. The first-order chi connectivity index (χ1) is 13.7. The van der Waals surface area contributed by atoms with Crippen molar-refractivity contribution in [1.82, 2.24) is 9.78 Å². The minimum absolute atomic E-state index is 0.0937. The highest BCUT2D eigenvalue weighted by Gasteiger charge is 2.61. The Kier molecular flexibility index (Phi) is 4.40. The van der Waals surface area contributed by atoms with Gasteiger partial charge < -0.3 is 5.11 Å². The second-order valence-electron chi connectivity index (χ2n) is 11.1. The van der Waals surface area contributed by atoms with Gasteiger partial charge in [0, 0.05) is 24.2 Å². The van der Waals surface area contributed by atoms with Crippen molar-refractivity contribution in [3.63, 3.8) is 0 Å². The van der Waals surface area contributed by atoms with Gasteiger partial charge in [0.25, 0.3) is 0 Å². The standard InChI is InChI=1S/C25H36N2O2/c1-15-17(14-27(4)26-15)11-16-12-22-20-6-5-18-13-19(28)7-9-24(18,2)21(20)8-10-25(22,3)23(16)29/h11,14,18-22,28H,5-10,12-13H2,1-4H3/b16-11+/t18-,19-,20+,21-,22-,24-,25-/m0/s1. The molecule has 0 radical (unpaired) electrons. The van der Waals surface area contributed by atoms with Crippen molar-refractivity contribution in [2.75, 3.05) is 0 Å². The quantitative estimate of drug-likeness (QED) is 0.701. The molecule has 1 aromatic heterocycles. The molecule has 1 N–H and O–H groups in total. The van der Waals surface area contributed by atoms with Gasteiger partial charge in [-0.2, -0.15) is 5.10 Å². The molecule has 0 amide bonds. The molecule has 1 heterocycles. The van der Waals surface area contributed by atoms with E-state index in [1.807, 2.05) is 24.9 Å². The summed E-state index contributed by atoms with van der Waals surface area (Å²) in [5.41, 5.74) is 3.30. The van der Waals surface area contributed by atoms with E-state index in [2.05, 4.69) is 25.0 Å². The maximum absolute atomic E-state index is 13.5. The minimum Gasteiger partial charge on any atom is -0.393 e.